The van der Waals surface area contributed by atoms with E-state index in [0.717, 1.165) is 12.4 Å². The second-order valence-electron chi connectivity index (χ2n) is 4.55. The Morgan fingerprint density at radius 3 is 2.27 bits per heavy atom. The largest absolute Gasteiger partial charge is 0.370 e. The van der Waals surface area contributed by atoms with E-state index in [1.54, 1.807) is 0 Å². The molecule has 0 spiro atoms. The second-order valence-corrected chi connectivity index (χ2v) is 4.55. The molecule has 0 bridgehead atoms. The Hall–Kier alpha value is -1.05. The predicted octanol–water partition coefficient (Wildman–Crippen LogP) is 3.76. The molecule has 0 atom stereocenters. The highest BCUT2D eigenvalue weighted by Gasteiger charge is 2.07. The van der Waals surface area contributed by atoms with E-state index in [1.165, 1.54) is 11.3 Å². The van der Waals surface area contributed by atoms with Crippen molar-refractivity contribution >= 4 is 5.82 Å². The fraction of sp³-hybridized carbons (Fsp3) is 0.615. The van der Waals surface area contributed by atoms with E-state index in [0.29, 0.717) is 11.8 Å². The van der Waals surface area contributed by atoms with Crippen LogP contribution in [0, 0.1) is 0 Å². The van der Waals surface area contributed by atoms with Crippen LogP contribution in [-0.2, 0) is 0 Å². The maximum absolute atomic E-state index is 4.59. The van der Waals surface area contributed by atoms with Crippen LogP contribution in [0.25, 0.3) is 0 Å². The zero-order valence-electron chi connectivity index (χ0n) is 10.5. The summed E-state index contributed by atoms with van der Waals surface area (Å²) in [7, 11) is 0. The van der Waals surface area contributed by atoms with Gasteiger partial charge < -0.3 is 5.32 Å². The van der Waals surface area contributed by atoms with E-state index in [2.05, 4.69) is 57.1 Å². The first kappa shape index (κ1) is 12.0. The zero-order valence-corrected chi connectivity index (χ0v) is 10.5. The molecule has 2 heteroatoms. The van der Waals surface area contributed by atoms with Crippen molar-refractivity contribution < 1.29 is 0 Å². The first-order chi connectivity index (χ1) is 7.04. The summed E-state index contributed by atoms with van der Waals surface area (Å²) in [6.07, 6.45) is 0. The predicted molar refractivity (Wildman–Crippen MR) is 66.6 cm³/mol. The van der Waals surface area contributed by atoms with Crippen LogP contribution in [0.4, 0.5) is 5.82 Å². The lowest BCUT2D eigenvalue weighted by Crippen LogP contribution is -2.04. The Bertz CT molecular complexity index is 290. The third kappa shape index (κ3) is 3.22. The monoisotopic (exact) mass is 206 g/mol. The van der Waals surface area contributed by atoms with Gasteiger partial charge in [0.25, 0.3) is 0 Å². The first-order valence-electron chi connectivity index (χ1n) is 5.80. The number of rotatable bonds is 4. The van der Waals surface area contributed by atoms with Gasteiger partial charge in [-0.1, -0.05) is 27.7 Å². The fourth-order valence-electron chi connectivity index (χ4n) is 1.47. The van der Waals surface area contributed by atoms with Crippen molar-refractivity contribution in [2.45, 2.75) is 46.5 Å². The van der Waals surface area contributed by atoms with Crippen LogP contribution in [0.15, 0.2) is 12.1 Å². The molecule has 1 aromatic heterocycles. The average Bonchev–Trinajstić information content (AvgIpc) is 2.17. The molecule has 15 heavy (non-hydrogen) atoms. The van der Waals surface area contributed by atoms with Crippen molar-refractivity contribution in [3.8, 4) is 0 Å². The van der Waals surface area contributed by atoms with Gasteiger partial charge in [-0.3, -0.25) is 0 Å². The number of nitrogens with zero attached hydrogens (tertiary/aromatic N) is 1. The molecular weight excluding hydrogens is 184 g/mol. The van der Waals surface area contributed by atoms with Gasteiger partial charge in [0.2, 0.25) is 0 Å². The Morgan fingerprint density at radius 2 is 1.80 bits per heavy atom. The van der Waals surface area contributed by atoms with Gasteiger partial charge in [-0.05, 0) is 36.5 Å². The van der Waals surface area contributed by atoms with Crippen LogP contribution in [0.3, 0.4) is 0 Å². The van der Waals surface area contributed by atoms with Crippen LogP contribution in [-0.4, -0.2) is 11.5 Å². The molecule has 0 saturated carbocycles. The van der Waals surface area contributed by atoms with Crippen LogP contribution in [0.2, 0.25) is 0 Å². The quantitative estimate of drug-likeness (QED) is 0.811. The molecule has 0 aromatic carbocycles. The lowest BCUT2D eigenvalue weighted by atomic mass is 10.00. The lowest BCUT2D eigenvalue weighted by molar-refractivity contribution is 0.800. The average molecular weight is 206 g/mol. The fourth-order valence-corrected chi connectivity index (χ4v) is 1.47. The molecule has 0 saturated heterocycles. The summed E-state index contributed by atoms with van der Waals surface area (Å²) in [4.78, 5) is 4.59. The Balaban J connectivity index is 3.08. The van der Waals surface area contributed by atoms with Crippen molar-refractivity contribution in [3.05, 3.63) is 23.4 Å². The van der Waals surface area contributed by atoms with Crippen molar-refractivity contribution in [2.24, 2.45) is 0 Å². The molecule has 0 radical (unpaired) electrons. The highest BCUT2D eigenvalue weighted by Crippen LogP contribution is 2.22. The second kappa shape index (κ2) is 5.15. The van der Waals surface area contributed by atoms with E-state index >= 15 is 0 Å². The molecule has 1 rings (SSSR count). The van der Waals surface area contributed by atoms with E-state index in [-0.39, 0.29) is 0 Å². The highest BCUT2D eigenvalue weighted by molar-refractivity contribution is 5.41. The Kier molecular flexibility index (Phi) is 4.13. The van der Waals surface area contributed by atoms with Crippen LogP contribution in [0.5, 0.6) is 0 Å². The maximum Gasteiger partial charge on any atom is 0.126 e. The Morgan fingerprint density at radius 1 is 1.13 bits per heavy atom. The molecule has 0 aliphatic heterocycles. The smallest absolute Gasteiger partial charge is 0.126 e. The molecular formula is C13H22N2. The molecule has 0 unspecified atom stereocenters. The van der Waals surface area contributed by atoms with Crippen molar-refractivity contribution in [3.63, 3.8) is 0 Å². The highest BCUT2D eigenvalue weighted by atomic mass is 15.0. The number of aromatic nitrogens is 1. The van der Waals surface area contributed by atoms with Gasteiger partial charge in [0, 0.05) is 12.2 Å². The van der Waals surface area contributed by atoms with Crippen LogP contribution < -0.4 is 5.32 Å². The van der Waals surface area contributed by atoms with Crippen molar-refractivity contribution in [1.82, 2.24) is 4.98 Å². The van der Waals surface area contributed by atoms with Gasteiger partial charge in [0.1, 0.15) is 5.82 Å². The minimum absolute atomic E-state index is 0.487. The summed E-state index contributed by atoms with van der Waals surface area (Å²) in [5.41, 5.74) is 2.54. The van der Waals surface area contributed by atoms with E-state index in [4.69, 9.17) is 0 Å². The summed E-state index contributed by atoms with van der Waals surface area (Å²) < 4.78 is 0. The van der Waals surface area contributed by atoms with Gasteiger partial charge in [-0.25, -0.2) is 4.98 Å². The minimum atomic E-state index is 0.487. The first-order valence-corrected chi connectivity index (χ1v) is 5.80. The van der Waals surface area contributed by atoms with Gasteiger partial charge in [0.05, 0.1) is 0 Å². The number of anilines is 1. The van der Waals surface area contributed by atoms with E-state index < -0.39 is 0 Å². The normalized spacial score (nSPS) is 11.1. The third-order valence-corrected chi connectivity index (χ3v) is 2.48. The topological polar surface area (TPSA) is 24.9 Å². The van der Waals surface area contributed by atoms with Gasteiger partial charge in [-0.2, -0.15) is 0 Å². The van der Waals surface area contributed by atoms with Gasteiger partial charge >= 0.3 is 0 Å². The minimum Gasteiger partial charge on any atom is -0.370 e. The number of nitrogens with one attached hydrogen (secondary N) is 1. The molecule has 1 heterocycles. The molecule has 0 fully saturated rings. The molecule has 1 aromatic rings. The van der Waals surface area contributed by atoms with Crippen molar-refractivity contribution in [2.75, 3.05) is 11.9 Å². The summed E-state index contributed by atoms with van der Waals surface area (Å²) in [6.45, 7) is 11.8. The number of hydrogen-bond donors (Lipinski definition) is 1. The van der Waals surface area contributed by atoms with Crippen LogP contribution in [0.1, 0.15) is 57.7 Å². The van der Waals surface area contributed by atoms with Crippen molar-refractivity contribution in [1.29, 1.82) is 0 Å². The number of pyridine rings is 1. The summed E-state index contributed by atoms with van der Waals surface area (Å²) in [5, 5.41) is 3.29. The van der Waals surface area contributed by atoms with E-state index in [9.17, 15) is 0 Å². The third-order valence-electron chi connectivity index (χ3n) is 2.48. The van der Waals surface area contributed by atoms with Gasteiger partial charge in [0.15, 0.2) is 0 Å². The lowest BCUT2D eigenvalue weighted by Gasteiger charge is -2.13. The molecule has 0 aliphatic carbocycles. The summed E-state index contributed by atoms with van der Waals surface area (Å²) in [6, 6.07) is 4.37. The zero-order chi connectivity index (χ0) is 11.4. The molecule has 84 valence electrons. The molecule has 0 aliphatic rings. The SMILES string of the molecule is CCNc1cc(C(C)C)cc(C(C)C)n1. The van der Waals surface area contributed by atoms with E-state index in [1.807, 2.05) is 0 Å². The maximum atomic E-state index is 4.59. The van der Waals surface area contributed by atoms with Gasteiger partial charge in [-0.15, -0.1) is 0 Å². The summed E-state index contributed by atoms with van der Waals surface area (Å²) >= 11 is 0. The summed E-state index contributed by atoms with van der Waals surface area (Å²) in [5.74, 6) is 2.05. The van der Waals surface area contributed by atoms with Crippen LogP contribution >= 0.6 is 0 Å². The Labute approximate surface area is 93.1 Å². The number of hydrogen-bond acceptors (Lipinski definition) is 2. The standard InChI is InChI=1S/C13H22N2/c1-6-14-13-8-11(9(2)3)7-12(15-13)10(4)5/h7-10H,6H2,1-5H3,(H,14,15). The molecule has 0 amide bonds. The molecule has 1 N–H and O–H groups in total. The molecule has 2 nitrogen and oxygen atoms in total.